The van der Waals surface area contributed by atoms with Gasteiger partial charge in [-0.05, 0) is 59.5 Å². The SMILES string of the molecule is C#CCCCC(=O)O[C@H]1C[C@H](n2cnc3c(NC(=O)c4ccccc4)ncnc32)O[C@@H]1COC(c1ccccc1)(c1ccc(OC)cc1)c1ccc(OC)cc1. The summed E-state index contributed by atoms with van der Waals surface area (Å²) in [5.41, 5.74) is 2.71. The molecule has 0 spiro atoms. The molecule has 0 radical (unpaired) electrons. The normalized spacial score (nSPS) is 16.6. The van der Waals surface area contributed by atoms with Crippen LogP contribution in [0.15, 0.2) is 122 Å². The minimum Gasteiger partial charge on any atom is -0.497 e. The van der Waals surface area contributed by atoms with Gasteiger partial charge < -0.3 is 29.0 Å². The van der Waals surface area contributed by atoms with E-state index in [2.05, 4.69) is 26.2 Å². The van der Waals surface area contributed by atoms with Gasteiger partial charge in [-0.3, -0.25) is 14.2 Å². The Bertz CT molecular complexity index is 2240. The number of amides is 1. The number of carbonyl (C=O) groups is 2. The van der Waals surface area contributed by atoms with Crippen LogP contribution in [0.5, 0.6) is 11.5 Å². The van der Waals surface area contributed by atoms with Gasteiger partial charge in [-0.15, -0.1) is 12.3 Å². The van der Waals surface area contributed by atoms with E-state index in [1.165, 1.54) is 6.33 Å². The summed E-state index contributed by atoms with van der Waals surface area (Å²) in [5.74, 6) is 3.51. The van der Waals surface area contributed by atoms with Gasteiger partial charge in [0, 0.05) is 24.8 Å². The smallest absolute Gasteiger partial charge is 0.306 e. The molecule has 12 heteroatoms. The van der Waals surface area contributed by atoms with Crippen LogP contribution in [0.4, 0.5) is 5.82 Å². The van der Waals surface area contributed by atoms with Crippen molar-refractivity contribution in [2.75, 3.05) is 26.1 Å². The summed E-state index contributed by atoms with van der Waals surface area (Å²) in [5, 5.41) is 2.85. The molecule has 284 valence electrons. The Kier molecular flexibility index (Phi) is 11.7. The maximum absolute atomic E-state index is 13.2. The Morgan fingerprint density at radius 3 is 2.11 bits per heavy atom. The van der Waals surface area contributed by atoms with Crippen LogP contribution in [0.2, 0.25) is 0 Å². The highest BCUT2D eigenvalue weighted by Crippen LogP contribution is 2.43. The van der Waals surface area contributed by atoms with E-state index in [0.717, 1.165) is 16.7 Å². The molecule has 2 aromatic heterocycles. The number of imidazole rings is 1. The molecule has 1 fully saturated rings. The third kappa shape index (κ3) is 7.95. The van der Waals surface area contributed by atoms with Gasteiger partial charge in [-0.2, -0.15) is 0 Å². The zero-order chi connectivity index (χ0) is 38.9. The number of methoxy groups -OCH3 is 2. The molecular weight excluding hydrogens is 711 g/mol. The molecule has 3 atom stereocenters. The van der Waals surface area contributed by atoms with E-state index in [0.29, 0.717) is 41.1 Å². The molecule has 12 nitrogen and oxygen atoms in total. The fraction of sp³-hybridized carbons (Fsp3) is 0.250. The van der Waals surface area contributed by atoms with Gasteiger partial charge in [0.1, 0.15) is 41.9 Å². The molecule has 1 aliphatic rings. The summed E-state index contributed by atoms with van der Waals surface area (Å²) in [4.78, 5) is 39.6. The standard InChI is InChI=1S/C44H41N5O7/c1-4-5-8-17-39(50)56-36-26-38(49-29-47-40-41(45-28-46-42(40)49)48-43(51)30-13-9-6-10-14-30)55-37(36)27-54-44(31-15-11-7-12-16-31,32-18-22-34(52-2)23-19-32)33-20-24-35(53-3)25-21-33/h1,6-7,9-16,18-25,28-29,36-38H,5,8,17,26-27H2,2-3H3,(H,45,46,48,51)/t36-,37+,38+/m0/s1. The highest BCUT2D eigenvalue weighted by molar-refractivity contribution is 6.06. The Hall–Kier alpha value is -6.55. The number of hydrogen-bond donors (Lipinski definition) is 1. The molecule has 7 rings (SSSR count). The fourth-order valence-corrected chi connectivity index (χ4v) is 6.91. The van der Waals surface area contributed by atoms with Crippen molar-refractivity contribution in [1.82, 2.24) is 19.5 Å². The van der Waals surface area contributed by atoms with E-state index in [1.807, 2.05) is 84.9 Å². The Labute approximate surface area is 324 Å². The molecule has 4 aromatic carbocycles. The molecule has 1 aliphatic heterocycles. The predicted molar refractivity (Wildman–Crippen MR) is 209 cm³/mol. The van der Waals surface area contributed by atoms with Gasteiger partial charge in [-0.25, -0.2) is 15.0 Å². The highest BCUT2D eigenvalue weighted by Gasteiger charge is 2.44. The average molecular weight is 752 g/mol. The third-order valence-electron chi connectivity index (χ3n) is 9.74. The van der Waals surface area contributed by atoms with Gasteiger partial charge in [0.25, 0.3) is 5.91 Å². The summed E-state index contributed by atoms with van der Waals surface area (Å²) < 4.78 is 32.8. The first-order valence-electron chi connectivity index (χ1n) is 18.2. The van der Waals surface area contributed by atoms with Crippen LogP contribution in [0.3, 0.4) is 0 Å². The van der Waals surface area contributed by atoms with E-state index in [9.17, 15) is 9.59 Å². The molecule has 6 aromatic rings. The van der Waals surface area contributed by atoms with Gasteiger partial charge in [0.15, 0.2) is 17.0 Å². The van der Waals surface area contributed by atoms with E-state index >= 15 is 0 Å². The number of ether oxygens (including phenoxy) is 5. The largest absolute Gasteiger partial charge is 0.497 e. The zero-order valence-corrected chi connectivity index (χ0v) is 31.0. The monoisotopic (exact) mass is 751 g/mol. The van der Waals surface area contributed by atoms with E-state index in [4.69, 9.17) is 30.1 Å². The summed E-state index contributed by atoms with van der Waals surface area (Å²) in [6, 6.07) is 34.2. The Morgan fingerprint density at radius 2 is 1.48 bits per heavy atom. The summed E-state index contributed by atoms with van der Waals surface area (Å²) in [6.45, 7) is 0.0196. The maximum Gasteiger partial charge on any atom is 0.306 e. The lowest BCUT2D eigenvalue weighted by molar-refractivity contribution is -0.156. The number of terminal acetylenes is 1. The Balaban J connectivity index is 1.23. The van der Waals surface area contributed by atoms with Gasteiger partial charge in [-0.1, -0.05) is 72.8 Å². The Morgan fingerprint density at radius 1 is 0.857 bits per heavy atom. The summed E-state index contributed by atoms with van der Waals surface area (Å²) in [7, 11) is 3.25. The molecule has 1 saturated heterocycles. The van der Waals surface area contributed by atoms with Crippen LogP contribution in [-0.4, -0.2) is 64.4 Å². The molecular formula is C44H41N5O7. The van der Waals surface area contributed by atoms with Crippen LogP contribution in [0.1, 0.15) is 59.0 Å². The topological polar surface area (TPSA) is 136 Å². The van der Waals surface area contributed by atoms with Crippen molar-refractivity contribution < 1.29 is 33.3 Å². The second-order valence-electron chi connectivity index (χ2n) is 13.1. The lowest BCUT2D eigenvalue weighted by atomic mass is 9.80. The quantitative estimate of drug-likeness (QED) is 0.0501. The highest BCUT2D eigenvalue weighted by atomic mass is 16.6. The number of aromatic nitrogens is 4. The van der Waals surface area contributed by atoms with Crippen molar-refractivity contribution in [3.05, 3.63) is 144 Å². The van der Waals surface area contributed by atoms with Gasteiger partial charge in [0.2, 0.25) is 0 Å². The van der Waals surface area contributed by atoms with Crippen molar-refractivity contribution >= 4 is 28.9 Å². The number of benzene rings is 4. The molecule has 0 bridgehead atoms. The minimum atomic E-state index is -1.14. The lowest BCUT2D eigenvalue weighted by Gasteiger charge is -2.37. The van der Waals surface area contributed by atoms with Crippen molar-refractivity contribution in [3.63, 3.8) is 0 Å². The first kappa shape index (κ1) is 37.8. The molecule has 1 amide bonds. The van der Waals surface area contributed by atoms with Crippen LogP contribution < -0.4 is 14.8 Å². The van der Waals surface area contributed by atoms with Crippen molar-refractivity contribution in [3.8, 4) is 23.8 Å². The average Bonchev–Trinajstić information content (AvgIpc) is 3.86. The number of nitrogens with zero attached hydrogens (tertiary/aromatic N) is 4. The first-order valence-corrected chi connectivity index (χ1v) is 18.2. The molecule has 3 heterocycles. The van der Waals surface area contributed by atoms with Gasteiger partial charge in [0.05, 0.1) is 27.2 Å². The maximum atomic E-state index is 13.2. The molecule has 0 unspecified atom stereocenters. The van der Waals surface area contributed by atoms with Crippen LogP contribution in [0.25, 0.3) is 11.2 Å². The molecule has 0 saturated carbocycles. The lowest BCUT2D eigenvalue weighted by Crippen LogP contribution is -2.39. The zero-order valence-electron chi connectivity index (χ0n) is 31.0. The first-order chi connectivity index (χ1) is 27.4. The number of carbonyl (C=O) groups excluding carboxylic acids is 2. The summed E-state index contributed by atoms with van der Waals surface area (Å²) >= 11 is 0. The number of unbranched alkanes of at least 4 members (excludes halogenated alkanes) is 1. The number of rotatable bonds is 15. The van der Waals surface area contributed by atoms with Crippen LogP contribution in [-0.2, 0) is 24.6 Å². The third-order valence-corrected chi connectivity index (χ3v) is 9.74. The number of esters is 1. The second-order valence-corrected chi connectivity index (χ2v) is 13.1. The van der Waals surface area contributed by atoms with Crippen molar-refractivity contribution in [1.29, 1.82) is 0 Å². The minimum absolute atomic E-state index is 0.0196. The summed E-state index contributed by atoms with van der Waals surface area (Å²) in [6.07, 6.45) is 7.72. The van der Waals surface area contributed by atoms with E-state index in [-0.39, 0.29) is 37.1 Å². The molecule has 56 heavy (non-hydrogen) atoms. The van der Waals surface area contributed by atoms with Crippen molar-refractivity contribution in [2.45, 2.75) is 49.7 Å². The number of fused-ring (bicyclic) bond motifs is 1. The van der Waals surface area contributed by atoms with Crippen LogP contribution in [0, 0.1) is 12.3 Å². The number of anilines is 1. The molecule has 1 N–H and O–H groups in total. The number of hydrogen-bond acceptors (Lipinski definition) is 10. The predicted octanol–water partition coefficient (Wildman–Crippen LogP) is 7.11. The van der Waals surface area contributed by atoms with E-state index in [1.54, 1.807) is 49.4 Å². The van der Waals surface area contributed by atoms with Crippen molar-refractivity contribution in [2.24, 2.45) is 0 Å². The fourth-order valence-electron chi connectivity index (χ4n) is 6.91. The van der Waals surface area contributed by atoms with Crippen LogP contribution >= 0.6 is 0 Å². The van der Waals surface area contributed by atoms with E-state index < -0.39 is 24.0 Å². The second kappa shape index (κ2) is 17.3. The van der Waals surface area contributed by atoms with Gasteiger partial charge >= 0.3 is 5.97 Å². The number of nitrogens with one attached hydrogen (secondary N) is 1. The molecule has 0 aliphatic carbocycles.